The Kier molecular flexibility index (Phi) is 9.08. The molecule has 0 spiro atoms. The van der Waals surface area contributed by atoms with E-state index in [-0.39, 0.29) is 42.2 Å². The molecule has 1 amide bonds. The number of rotatable bonds is 6. The predicted molar refractivity (Wildman–Crippen MR) is 121 cm³/mol. The number of methoxy groups -OCH3 is 1. The lowest BCUT2D eigenvalue weighted by molar-refractivity contribution is -0.134. The molecule has 0 radical (unpaired) electrons. The van der Waals surface area contributed by atoms with Crippen LogP contribution in [0, 0.1) is 11.3 Å². The van der Waals surface area contributed by atoms with Gasteiger partial charge in [0.05, 0.1) is 18.6 Å². The Bertz CT molecular complexity index is 669. The van der Waals surface area contributed by atoms with Crippen LogP contribution < -0.4 is 15.4 Å². The van der Waals surface area contributed by atoms with Crippen LogP contribution in [0.3, 0.4) is 0 Å². The van der Waals surface area contributed by atoms with Crippen LogP contribution in [0.25, 0.3) is 0 Å². The summed E-state index contributed by atoms with van der Waals surface area (Å²) in [5.74, 6) is 1.66. The molecule has 4 rings (SSSR count). The molecule has 5 nitrogen and oxygen atoms in total. The first kappa shape index (κ1) is 24.3. The molecule has 3 atom stereocenters. The first-order chi connectivity index (χ1) is 13.2. The van der Waals surface area contributed by atoms with Gasteiger partial charge in [-0.1, -0.05) is 25.0 Å². The fraction of sp³-hybridized carbons (Fsp3) is 0.682. The largest absolute Gasteiger partial charge is 0.497 e. The van der Waals surface area contributed by atoms with Gasteiger partial charge in [-0.15, -0.1) is 24.8 Å². The zero-order valence-electron chi connectivity index (χ0n) is 17.3. The zero-order valence-corrected chi connectivity index (χ0v) is 19.0. The Morgan fingerprint density at radius 1 is 1.28 bits per heavy atom. The van der Waals surface area contributed by atoms with Crippen molar-refractivity contribution in [2.45, 2.75) is 44.6 Å². The molecule has 2 saturated heterocycles. The summed E-state index contributed by atoms with van der Waals surface area (Å²) in [6.07, 6.45) is 7.14. The zero-order chi connectivity index (χ0) is 18.7. The van der Waals surface area contributed by atoms with E-state index in [2.05, 4.69) is 33.7 Å². The van der Waals surface area contributed by atoms with Crippen LogP contribution in [-0.4, -0.2) is 50.6 Å². The van der Waals surface area contributed by atoms with Gasteiger partial charge in [-0.05, 0) is 68.9 Å². The van der Waals surface area contributed by atoms with Gasteiger partial charge in [0.25, 0.3) is 0 Å². The lowest BCUT2D eigenvalue weighted by Crippen LogP contribution is -2.49. The monoisotopic (exact) mass is 443 g/mol. The second-order valence-electron chi connectivity index (χ2n) is 8.48. The molecule has 0 bridgehead atoms. The topological polar surface area (TPSA) is 53.6 Å². The smallest absolute Gasteiger partial charge is 0.227 e. The van der Waals surface area contributed by atoms with Gasteiger partial charge in [0.2, 0.25) is 5.91 Å². The summed E-state index contributed by atoms with van der Waals surface area (Å²) in [4.78, 5) is 15.8. The molecule has 2 N–H and O–H groups in total. The Balaban J connectivity index is 0.00000150. The fourth-order valence-corrected chi connectivity index (χ4v) is 5.42. The number of carbonyl (C=O) groups excluding carboxylic acids is 1. The van der Waals surface area contributed by atoms with Gasteiger partial charge in [0.15, 0.2) is 0 Å². The van der Waals surface area contributed by atoms with E-state index in [1.165, 1.54) is 37.7 Å². The van der Waals surface area contributed by atoms with Crippen molar-refractivity contribution in [3.63, 3.8) is 0 Å². The summed E-state index contributed by atoms with van der Waals surface area (Å²) in [5, 5.41) is 6.85. The van der Waals surface area contributed by atoms with E-state index in [0.29, 0.717) is 12.5 Å². The normalized spacial score (nSPS) is 27.3. The van der Waals surface area contributed by atoms with Crippen LogP contribution in [0.15, 0.2) is 24.3 Å². The molecule has 1 aromatic carbocycles. The van der Waals surface area contributed by atoms with E-state index in [1.807, 2.05) is 6.07 Å². The van der Waals surface area contributed by atoms with Crippen LogP contribution in [0.1, 0.15) is 50.1 Å². The van der Waals surface area contributed by atoms with Crippen molar-refractivity contribution in [1.82, 2.24) is 15.5 Å². The Morgan fingerprint density at radius 2 is 2.07 bits per heavy atom. The number of hydrogen-bond acceptors (Lipinski definition) is 4. The molecule has 3 aliphatic rings. The molecule has 0 aromatic heterocycles. The number of nitrogens with zero attached hydrogens (tertiary/aromatic N) is 1. The van der Waals surface area contributed by atoms with Crippen molar-refractivity contribution in [3.8, 4) is 5.75 Å². The number of benzene rings is 1. The van der Waals surface area contributed by atoms with Gasteiger partial charge in [0, 0.05) is 13.1 Å². The van der Waals surface area contributed by atoms with Gasteiger partial charge in [-0.2, -0.15) is 0 Å². The molecule has 1 saturated carbocycles. The minimum absolute atomic E-state index is 0. The molecular weight excluding hydrogens is 409 g/mol. The first-order valence-electron chi connectivity index (χ1n) is 10.6. The van der Waals surface area contributed by atoms with E-state index < -0.39 is 0 Å². The number of nitrogens with one attached hydrogen (secondary N) is 2. The number of halogens is 2. The molecule has 164 valence electrons. The van der Waals surface area contributed by atoms with Gasteiger partial charge < -0.3 is 15.4 Å². The van der Waals surface area contributed by atoms with Crippen molar-refractivity contribution >= 4 is 30.7 Å². The maximum atomic E-state index is 13.3. The molecule has 1 aliphatic carbocycles. The second-order valence-corrected chi connectivity index (χ2v) is 8.48. The van der Waals surface area contributed by atoms with E-state index in [4.69, 9.17) is 4.74 Å². The third-order valence-electron chi connectivity index (χ3n) is 7.01. The molecular formula is C22H35Cl2N3O2. The number of likely N-dealkylation sites (tertiary alicyclic amines) is 1. The van der Waals surface area contributed by atoms with Crippen LogP contribution in [0.2, 0.25) is 0 Å². The summed E-state index contributed by atoms with van der Waals surface area (Å²) >= 11 is 0. The average molecular weight is 444 g/mol. The van der Waals surface area contributed by atoms with Crippen molar-refractivity contribution < 1.29 is 9.53 Å². The number of fused-ring (bicyclic) bond motifs is 1. The fourth-order valence-electron chi connectivity index (χ4n) is 5.42. The standard InChI is InChI=1S/C22H33N3O2.2ClH/c1-27-19-9-6-7-17(13-19)20(25-11-4-5-12-25)15-24-21(26)22-10-3-2-8-18(22)14-23-16-22;;/h6-7,9,13,18,20,23H,2-5,8,10-12,14-16H2,1H3,(H,24,26);2*1H/t18-,20?,22+;;/m0../s1. The number of carbonyl (C=O) groups is 1. The quantitative estimate of drug-likeness (QED) is 0.705. The Hall–Kier alpha value is -1.01. The summed E-state index contributed by atoms with van der Waals surface area (Å²) in [5.41, 5.74) is 1.06. The number of amides is 1. The minimum Gasteiger partial charge on any atom is -0.497 e. The number of ether oxygens (including phenoxy) is 1. The third-order valence-corrected chi connectivity index (χ3v) is 7.01. The molecule has 1 aromatic rings. The molecule has 2 aliphatic heterocycles. The van der Waals surface area contributed by atoms with Gasteiger partial charge in [-0.25, -0.2) is 0 Å². The molecule has 7 heteroatoms. The lowest BCUT2D eigenvalue weighted by atomic mass is 9.67. The SMILES string of the molecule is COc1cccc(C(CNC(=O)[C@@]23CCCC[C@H]2CNC3)N2CCCC2)c1.Cl.Cl. The van der Waals surface area contributed by atoms with Gasteiger partial charge >= 0.3 is 0 Å². The predicted octanol–water partition coefficient (Wildman–Crippen LogP) is 3.57. The van der Waals surface area contributed by atoms with Gasteiger partial charge in [-0.3, -0.25) is 9.69 Å². The van der Waals surface area contributed by atoms with Crippen LogP contribution >= 0.6 is 24.8 Å². The van der Waals surface area contributed by atoms with Crippen LogP contribution in [0.4, 0.5) is 0 Å². The average Bonchev–Trinajstić information content (AvgIpc) is 3.38. The van der Waals surface area contributed by atoms with Crippen molar-refractivity contribution in [2.24, 2.45) is 11.3 Å². The van der Waals surface area contributed by atoms with E-state index in [9.17, 15) is 4.79 Å². The third kappa shape index (κ3) is 5.01. The van der Waals surface area contributed by atoms with Crippen LogP contribution in [-0.2, 0) is 4.79 Å². The molecule has 1 unspecified atom stereocenters. The second kappa shape index (κ2) is 10.9. The lowest BCUT2D eigenvalue weighted by Gasteiger charge is -2.38. The van der Waals surface area contributed by atoms with Crippen LogP contribution in [0.5, 0.6) is 5.75 Å². The molecule has 2 heterocycles. The van der Waals surface area contributed by atoms with Crippen molar-refractivity contribution in [2.75, 3.05) is 39.8 Å². The highest BCUT2D eigenvalue weighted by Crippen LogP contribution is 2.44. The number of hydrogen-bond donors (Lipinski definition) is 2. The van der Waals surface area contributed by atoms with E-state index in [1.54, 1.807) is 7.11 Å². The summed E-state index contributed by atoms with van der Waals surface area (Å²) in [6.45, 7) is 4.73. The molecule has 29 heavy (non-hydrogen) atoms. The summed E-state index contributed by atoms with van der Waals surface area (Å²) < 4.78 is 5.43. The summed E-state index contributed by atoms with van der Waals surface area (Å²) in [6, 6.07) is 8.54. The van der Waals surface area contributed by atoms with E-state index >= 15 is 0 Å². The van der Waals surface area contributed by atoms with Crippen molar-refractivity contribution in [1.29, 1.82) is 0 Å². The molecule has 3 fully saturated rings. The summed E-state index contributed by atoms with van der Waals surface area (Å²) in [7, 11) is 1.71. The van der Waals surface area contributed by atoms with E-state index in [0.717, 1.165) is 38.3 Å². The Labute approximate surface area is 187 Å². The maximum absolute atomic E-state index is 13.3. The first-order valence-corrected chi connectivity index (χ1v) is 10.6. The Morgan fingerprint density at radius 3 is 2.83 bits per heavy atom. The van der Waals surface area contributed by atoms with Crippen molar-refractivity contribution in [3.05, 3.63) is 29.8 Å². The van der Waals surface area contributed by atoms with Gasteiger partial charge in [0.1, 0.15) is 5.75 Å². The highest BCUT2D eigenvalue weighted by molar-refractivity contribution is 5.85. The minimum atomic E-state index is -0.178. The highest BCUT2D eigenvalue weighted by atomic mass is 35.5. The maximum Gasteiger partial charge on any atom is 0.227 e. The highest BCUT2D eigenvalue weighted by Gasteiger charge is 2.49.